The molecular formula is C20H28N2. The molecule has 2 atom stereocenters. The van der Waals surface area contributed by atoms with Crippen LogP contribution in [0.25, 0.3) is 0 Å². The molecule has 22 heavy (non-hydrogen) atoms. The van der Waals surface area contributed by atoms with Crippen molar-refractivity contribution >= 4 is 11.4 Å². The van der Waals surface area contributed by atoms with E-state index in [4.69, 9.17) is 5.73 Å². The van der Waals surface area contributed by atoms with Gasteiger partial charge in [0.05, 0.1) is 6.04 Å². The van der Waals surface area contributed by atoms with Gasteiger partial charge in [0.15, 0.2) is 0 Å². The second-order valence-corrected chi connectivity index (χ2v) is 5.97. The van der Waals surface area contributed by atoms with Gasteiger partial charge in [0.1, 0.15) is 0 Å². The molecule has 2 aromatic rings. The maximum Gasteiger partial charge on any atom is 0.0545 e. The topological polar surface area (TPSA) is 29.3 Å². The zero-order valence-corrected chi connectivity index (χ0v) is 14.0. The summed E-state index contributed by atoms with van der Waals surface area (Å²) in [5.41, 5.74) is 9.33. The van der Waals surface area contributed by atoms with E-state index in [0.717, 1.165) is 18.5 Å². The van der Waals surface area contributed by atoms with E-state index in [-0.39, 0.29) is 0 Å². The number of rotatable bonds is 7. The first-order valence-electron chi connectivity index (χ1n) is 8.36. The van der Waals surface area contributed by atoms with Crippen molar-refractivity contribution < 1.29 is 0 Å². The van der Waals surface area contributed by atoms with E-state index >= 15 is 0 Å². The summed E-state index contributed by atoms with van der Waals surface area (Å²) in [5, 5.41) is 0. The molecule has 0 bridgehead atoms. The van der Waals surface area contributed by atoms with Crippen molar-refractivity contribution in [2.45, 2.75) is 52.1 Å². The van der Waals surface area contributed by atoms with E-state index in [2.05, 4.69) is 68.1 Å². The number of hydrogen-bond acceptors (Lipinski definition) is 2. The van der Waals surface area contributed by atoms with E-state index < -0.39 is 0 Å². The van der Waals surface area contributed by atoms with Gasteiger partial charge < -0.3 is 10.6 Å². The van der Waals surface area contributed by atoms with Crippen molar-refractivity contribution in [2.75, 3.05) is 10.6 Å². The van der Waals surface area contributed by atoms with Crippen LogP contribution in [0, 0.1) is 0 Å². The van der Waals surface area contributed by atoms with Crippen LogP contribution in [0.4, 0.5) is 11.4 Å². The molecule has 2 nitrogen and oxygen atoms in total. The first kappa shape index (κ1) is 16.4. The molecule has 0 aliphatic carbocycles. The number of nitrogens with zero attached hydrogens (tertiary/aromatic N) is 1. The molecule has 0 saturated carbocycles. The Morgan fingerprint density at radius 2 is 1.59 bits per heavy atom. The average Bonchev–Trinajstić information content (AvgIpc) is 2.56. The minimum Gasteiger partial charge on any atom is -0.399 e. The van der Waals surface area contributed by atoms with Gasteiger partial charge in [-0.25, -0.2) is 0 Å². The molecule has 0 aromatic heterocycles. The smallest absolute Gasteiger partial charge is 0.0545 e. The summed E-state index contributed by atoms with van der Waals surface area (Å²) in [6.07, 6.45) is 3.44. The summed E-state index contributed by atoms with van der Waals surface area (Å²) in [6, 6.07) is 20.0. The maximum atomic E-state index is 5.86. The fourth-order valence-corrected chi connectivity index (χ4v) is 3.00. The molecule has 0 fully saturated rings. The van der Waals surface area contributed by atoms with Crippen LogP contribution < -0.4 is 10.6 Å². The van der Waals surface area contributed by atoms with E-state index in [1.54, 1.807) is 0 Å². The Bertz CT molecular complexity index is 548. The second-order valence-electron chi connectivity index (χ2n) is 5.97. The number of nitrogens with two attached hydrogens (primary N) is 1. The lowest BCUT2D eigenvalue weighted by Gasteiger charge is -2.39. The fourth-order valence-electron chi connectivity index (χ4n) is 3.00. The molecule has 0 heterocycles. The van der Waals surface area contributed by atoms with Crippen molar-refractivity contribution in [1.29, 1.82) is 0 Å². The number of nitrogen functional groups attached to an aromatic ring is 1. The number of anilines is 2. The third-order valence-corrected chi connectivity index (χ3v) is 4.34. The Morgan fingerprint density at radius 3 is 2.14 bits per heavy atom. The van der Waals surface area contributed by atoms with Gasteiger partial charge >= 0.3 is 0 Å². The molecule has 0 aliphatic heterocycles. The minimum atomic E-state index is 0.407. The third kappa shape index (κ3) is 3.82. The van der Waals surface area contributed by atoms with Gasteiger partial charge in [-0.3, -0.25) is 0 Å². The normalized spacial score (nSPS) is 13.6. The first-order valence-corrected chi connectivity index (χ1v) is 8.36. The van der Waals surface area contributed by atoms with Gasteiger partial charge in [-0.1, -0.05) is 50.6 Å². The quantitative estimate of drug-likeness (QED) is 0.692. The molecule has 2 N–H and O–H groups in total. The van der Waals surface area contributed by atoms with Crippen molar-refractivity contribution in [3.63, 3.8) is 0 Å². The van der Waals surface area contributed by atoms with Gasteiger partial charge in [0.2, 0.25) is 0 Å². The lowest BCUT2D eigenvalue weighted by atomic mass is 9.97. The highest BCUT2D eigenvalue weighted by molar-refractivity contribution is 5.55. The Balaban J connectivity index is 2.42. The predicted molar refractivity (Wildman–Crippen MR) is 97.2 cm³/mol. The van der Waals surface area contributed by atoms with E-state index in [0.29, 0.717) is 12.1 Å². The van der Waals surface area contributed by atoms with Gasteiger partial charge in [0, 0.05) is 17.4 Å². The number of benzene rings is 2. The predicted octanol–water partition coefficient (Wildman–Crippen LogP) is 5.42. The fraction of sp³-hybridized carbons (Fsp3) is 0.400. The van der Waals surface area contributed by atoms with Crippen LogP contribution in [0.5, 0.6) is 0 Å². The third-order valence-electron chi connectivity index (χ3n) is 4.34. The zero-order chi connectivity index (χ0) is 15.9. The van der Waals surface area contributed by atoms with Crippen LogP contribution in [-0.4, -0.2) is 6.04 Å². The summed E-state index contributed by atoms with van der Waals surface area (Å²) in [4.78, 5) is 2.55. The lowest BCUT2D eigenvalue weighted by Crippen LogP contribution is -2.36. The standard InChI is InChI=1S/C20H28N2/c1-4-9-20(17-10-7-6-8-11-17)22(16(3)5-2)19-14-12-18(21)13-15-19/h6-8,10-16,20H,4-5,9,21H2,1-3H3. The molecule has 0 amide bonds. The first-order chi connectivity index (χ1) is 10.7. The SMILES string of the molecule is CCCC(c1ccccc1)N(c1ccc(N)cc1)C(C)CC. The largest absolute Gasteiger partial charge is 0.399 e. The molecule has 2 rings (SSSR count). The molecule has 0 radical (unpaired) electrons. The summed E-state index contributed by atoms with van der Waals surface area (Å²) >= 11 is 0. The molecule has 2 unspecified atom stereocenters. The molecule has 118 valence electrons. The van der Waals surface area contributed by atoms with Crippen LogP contribution in [0.3, 0.4) is 0 Å². The lowest BCUT2D eigenvalue weighted by molar-refractivity contribution is 0.498. The zero-order valence-electron chi connectivity index (χ0n) is 14.0. The molecule has 2 heteroatoms. The minimum absolute atomic E-state index is 0.407. The number of hydrogen-bond donors (Lipinski definition) is 1. The van der Waals surface area contributed by atoms with E-state index in [1.807, 2.05) is 12.1 Å². The van der Waals surface area contributed by atoms with Crippen LogP contribution in [0.15, 0.2) is 54.6 Å². The Labute approximate surface area is 135 Å². The summed E-state index contributed by atoms with van der Waals surface area (Å²) in [7, 11) is 0. The van der Waals surface area contributed by atoms with Crippen LogP contribution in [0.1, 0.15) is 51.6 Å². The van der Waals surface area contributed by atoms with E-state index in [1.165, 1.54) is 17.7 Å². The Morgan fingerprint density at radius 1 is 0.955 bits per heavy atom. The van der Waals surface area contributed by atoms with Crippen molar-refractivity contribution in [1.82, 2.24) is 0 Å². The van der Waals surface area contributed by atoms with Crippen molar-refractivity contribution in [3.05, 3.63) is 60.2 Å². The van der Waals surface area contributed by atoms with Crippen LogP contribution in [-0.2, 0) is 0 Å². The molecule has 2 aromatic carbocycles. The molecular weight excluding hydrogens is 268 g/mol. The average molecular weight is 296 g/mol. The van der Waals surface area contributed by atoms with E-state index in [9.17, 15) is 0 Å². The van der Waals surface area contributed by atoms with Crippen molar-refractivity contribution in [2.24, 2.45) is 0 Å². The highest BCUT2D eigenvalue weighted by Gasteiger charge is 2.23. The van der Waals surface area contributed by atoms with Crippen molar-refractivity contribution in [3.8, 4) is 0 Å². The maximum absolute atomic E-state index is 5.86. The van der Waals surface area contributed by atoms with Crippen LogP contribution >= 0.6 is 0 Å². The molecule has 0 saturated heterocycles. The Kier molecular flexibility index (Phi) is 5.88. The summed E-state index contributed by atoms with van der Waals surface area (Å²) < 4.78 is 0. The highest BCUT2D eigenvalue weighted by atomic mass is 15.2. The second kappa shape index (κ2) is 7.88. The summed E-state index contributed by atoms with van der Waals surface area (Å²) in [6.45, 7) is 6.82. The van der Waals surface area contributed by atoms with Gasteiger partial charge in [0.25, 0.3) is 0 Å². The van der Waals surface area contributed by atoms with Gasteiger partial charge in [-0.15, -0.1) is 0 Å². The molecule has 0 spiro atoms. The van der Waals surface area contributed by atoms with Crippen LogP contribution in [0.2, 0.25) is 0 Å². The molecule has 0 aliphatic rings. The Hall–Kier alpha value is -1.96. The van der Waals surface area contributed by atoms with Gasteiger partial charge in [-0.05, 0) is 49.6 Å². The monoisotopic (exact) mass is 296 g/mol. The van der Waals surface area contributed by atoms with Gasteiger partial charge in [-0.2, -0.15) is 0 Å². The summed E-state index contributed by atoms with van der Waals surface area (Å²) in [5.74, 6) is 0. The highest BCUT2D eigenvalue weighted by Crippen LogP contribution is 2.33.